The zero-order valence-electron chi connectivity index (χ0n) is 9.25. The third-order valence-corrected chi connectivity index (χ3v) is 3.12. The van der Waals surface area contributed by atoms with Crippen molar-refractivity contribution < 1.29 is 9.53 Å². The quantitative estimate of drug-likeness (QED) is 0.692. The van der Waals surface area contributed by atoms with E-state index in [9.17, 15) is 4.79 Å². The zero-order chi connectivity index (χ0) is 10.9. The van der Waals surface area contributed by atoms with Crippen molar-refractivity contribution >= 4 is 5.97 Å². The second kappa shape index (κ2) is 3.69. The molecule has 1 aliphatic heterocycles. The third-order valence-electron chi connectivity index (χ3n) is 3.12. The van der Waals surface area contributed by atoms with Gasteiger partial charge in [-0.15, -0.1) is 0 Å². The molecule has 0 N–H and O–H groups in total. The van der Waals surface area contributed by atoms with Crippen LogP contribution in [0.15, 0.2) is 24.3 Å². The lowest BCUT2D eigenvalue weighted by Gasteiger charge is -2.23. The molecule has 0 spiro atoms. The van der Waals surface area contributed by atoms with Gasteiger partial charge in [-0.2, -0.15) is 0 Å². The maximum atomic E-state index is 11.1. The van der Waals surface area contributed by atoms with Crippen molar-refractivity contribution in [1.29, 1.82) is 0 Å². The number of benzene rings is 1. The van der Waals surface area contributed by atoms with Crippen LogP contribution in [0.4, 0.5) is 0 Å². The molecule has 1 aliphatic rings. The number of aryl methyl sites for hydroxylation is 1. The molecular formula is C13H16O2. The van der Waals surface area contributed by atoms with Crippen LogP contribution in [0.1, 0.15) is 37.8 Å². The van der Waals surface area contributed by atoms with Gasteiger partial charge in [0.25, 0.3) is 0 Å². The first-order chi connectivity index (χ1) is 7.14. The van der Waals surface area contributed by atoms with E-state index in [0.29, 0.717) is 6.42 Å². The predicted molar refractivity (Wildman–Crippen MR) is 58.5 cm³/mol. The van der Waals surface area contributed by atoms with E-state index < -0.39 is 5.60 Å². The molecule has 0 bridgehead atoms. The summed E-state index contributed by atoms with van der Waals surface area (Å²) in [6, 6.07) is 8.34. The number of carbonyl (C=O) groups is 1. The smallest absolute Gasteiger partial charge is 0.306 e. The first-order valence-corrected chi connectivity index (χ1v) is 5.45. The third kappa shape index (κ3) is 1.89. The molecule has 1 saturated heterocycles. The molecule has 0 radical (unpaired) electrons. The normalized spacial score (nSPS) is 25.3. The monoisotopic (exact) mass is 204 g/mol. The van der Waals surface area contributed by atoms with Crippen LogP contribution in [-0.2, 0) is 21.6 Å². The van der Waals surface area contributed by atoms with Crippen LogP contribution in [0.3, 0.4) is 0 Å². The Labute approximate surface area is 90.3 Å². The summed E-state index contributed by atoms with van der Waals surface area (Å²) in [7, 11) is 0. The Kier molecular flexibility index (Phi) is 2.51. The molecule has 1 unspecified atom stereocenters. The summed E-state index contributed by atoms with van der Waals surface area (Å²) in [6.07, 6.45) is 2.36. The summed E-state index contributed by atoms with van der Waals surface area (Å²) in [6.45, 7) is 4.12. The van der Waals surface area contributed by atoms with E-state index in [0.717, 1.165) is 18.4 Å². The molecule has 80 valence electrons. The van der Waals surface area contributed by atoms with E-state index in [1.54, 1.807) is 0 Å². The summed E-state index contributed by atoms with van der Waals surface area (Å²) in [5.74, 6) is -0.0860. The van der Waals surface area contributed by atoms with Gasteiger partial charge in [-0.1, -0.05) is 31.2 Å². The highest BCUT2D eigenvalue weighted by atomic mass is 16.6. The highest BCUT2D eigenvalue weighted by molar-refractivity contribution is 5.72. The van der Waals surface area contributed by atoms with E-state index in [-0.39, 0.29) is 5.97 Å². The maximum absolute atomic E-state index is 11.1. The van der Waals surface area contributed by atoms with E-state index >= 15 is 0 Å². The lowest BCUT2D eigenvalue weighted by atomic mass is 9.92. The summed E-state index contributed by atoms with van der Waals surface area (Å²) < 4.78 is 5.37. The van der Waals surface area contributed by atoms with Crippen LogP contribution >= 0.6 is 0 Å². The molecular weight excluding hydrogens is 188 g/mol. The first-order valence-electron chi connectivity index (χ1n) is 5.45. The van der Waals surface area contributed by atoms with E-state index in [2.05, 4.69) is 31.2 Å². The Morgan fingerprint density at radius 3 is 2.47 bits per heavy atom. The van der Waals surface area contributed by atoms with Gasteiger partial charge in [-0.3, -0.25) is 4.79 Å². The molecule has 2 rings (SSSR count). The number of esters is 1. The van der Waals surface area contributed by atoms with Crippen molar-refractivity contribution in [3.05, 3.63) is 35.4 Å². The van der Waals surface area contributed by atoms with E-state index in [1.807, 2.05) is 6.92 Å². The van der Waals surface area contributed by atoms with Crippen molar-refractivity contribution in [2.24, 2.45) is 0 Å². The highest BCUT2D eigenvalue weighted by Gasteiger charge is 2.37. The van der Waals surface area contributed by atoms with Crippen molar-refractivity contribution in [1.82, 2.24) is 0 Å². The van der Waals surface area contributed by atoms with Gasteiger partial charge in [-0.25, -0.2) is 0 Å². The predicted octanol–water partition coefficient (Wildman–Crippen LogP) is 2.80. The van der Waals surface area contributed by atoms with Crippen LogP contribution in [0, 0.1) is 0 Å². The van der Waals surface area contributed by atoms with E-state index in [1.165, 1.54) is 5.56 Å². The zero-order valence-corrected chi connectivity index (χ0v) is 9.25. The second-order valence-electron chi connectivity index (χ2n) is 4.26. The maximum Gasteiger partial charge on any atom is 0.306 e. The van der Waals surface area contributed by atoms with Gasteiger partial charge in [0.05, 0.1) is 0 Å². The minimum absolute atomic E-state index is 0.0860. The van der Waals surface area contributed by atoms with Crippen LogP contribution in [0.2, 0.25) is 0 Å². The Hall–Kier alpha value is -1.31. The number of hydrogen-bond donors (Lipinski definition) is 0. The average Bonchev–Trinajstić information content (AvgIpc) is 2.60. The van der Waals surface area contributed by atoms with Crippen molar-refractivity contribution in [2.45, 2.75) is 38.7 Å². The Morgan fingerprint density at radius 2 is 2.00 bits per heavy atom. The molecule has 0 amide bonds. The van der Waals surface area contributed by atoms with Gasteiger partial charge < -0.3 is 4.74 Å². The fraction of sp³-hybridized carbons (Fsp3) is 0.462. The van der Waals surface area contributed by atoms with Crippen LogP contribution in [0.25, 0.3) is 0 Å². The molecule has 1 atom stereocenters. The van der Waals surface area contributed by atoms with E-state index in [4.69, 9.17) is 4.74 Å². The molecule has 1 heterocycles. The first kappa shape index (κ1) is 10.2. The van der Waals surface area contributed by atoms with Crippen LogP contribution in [-0.4, -0.2) is 5.97 Å². The fourth-order valence-electron chi connectivity index (χ4n) is 1.99. The van der Waals surface area contributed by atoms with Gasteiger partial charge in [0.2, 0.25) is 0 Å². The highest BCUT2D eigenvalue weighted by Crippen LogP contribution is 2.36. The molecule has 1 aromatic rings. The summed E-state index contributed by atoms with van der Waals surface area (Å²) in [5.41, 5.74) is 2.01. The lowest BCUT2D eigenvalue weighted by Crippen LogP contribution is -2.20. The molecule has 1 aromatic carbocycles. The Morgan fingerprint density at radius 1 is 1.33 bits per heavy atom. The summed E-state index contributed by atoms with van der Waals surface area (Å²) in [5, 5.41) is 0. The lowest BCUT2D eigenvalue weighted by molar-refractivity contribution is -0.147. The second-order valence-corrected chi connectivity index (χ2v) is 4.26. The average molecular weight is 204 g/mol. The van der Waals surface area contributed by atoms with Gasteiger partial charge in [0, 0.05) is 12.8 Å². The molecule has 0 aliphatic carbocycles. The topological polar surface area (TPSA) is 26.3 Å². The standard InChI is InChI=1S/C13H16O2/c1-3-10-4-6-11(7-5-10)13(2)9-8-12(14)15-13/h4-7H,3,8-9H2,1-2H3. The molecule has 0 aromatic heterocycles. The Bertz CT molecular complexity index is 367. The Balaban J connectivity index is 2.25. The summed E-state index contributed by atoms with van der Waals surface area (Å²) in [4.78, 5) is 11.1. The molecule has 2 nitrogen and oxygen atoms in total. The number of cyclic esters (lactones) is 1. The minimum Gasteiger partial charge on any atom is -0.454 e. The molecule has 0 saturated carbocycles. The molecule has 15 heavy (non-hydrogen) atoms. The largest absolute Gasteiger partial charge is 0.454 e. The SMILES string of the molecule is CCc1ccc(C2(C)CCC(=O)O2)cc1. The number of hydrogen-bond acceptors (Lipinski definition) is 2. The molecule has 1 fully saturated rings. The van der Waals surface area contributed by atoms with Gasteiger partial charge >= 0.3 is 5.97 Å². The van der Waals surface area contributed by atoms with Gasteiger partial charge in [0.15, 0.2) is 0 Å². The fourth-order valence-corrected chi connectivity index (χ4v) is 1.99. The minimum atomic E-state index is -0.399. The number of carbonyl (C=O) groups excluding carboxylic acids is 1. The van der Waals surface area contributed by atoms with Gasteiger partial charge in [-0.05, 0) is 24.5 Å². The molecule has 2 heteroatoms. The van der Waals surface area contributed by atoms with Crippen molar-refractivity contribution in [3.8, 4) is 0 Å². The van der Waals surface area contributed by atoms with Crippen LogP contribution < -0.4 is 0 Å². The van der Waals surface area contributed by atoms with Crippen molar-refractivity contribution in [2.75, 3.05) is 0 Å². The van der Waals surface area contributed by atoms with Crippen LogP contribution in [0.5, 0.6) is 0 Å². The van der Waals surface area contributed by atoms with Gasteiger partial charge in [0.1, 0.15) is 5.60 Å². The number of rotatable bonds is 2. The van der Waals surface area contributed by atoms with Crippen molar-refractivity contribution in [3.63, 3.8) is 0 Å². The summed E-state index contributed by atoms with van der Waals surface area (Å²) >= 11 is 0. The number of ether oxygens (including phenoxy) is 1.